The fourth-order valence-corrected chi connectivity index (χ4v) is 10.5. The molecule has 0 saturated heterocycles. The van der Waals surface area contributed by atoms with Crippen molar-refractivity contribution in [2.24, 2.45) is 0 Å². The molecule has 0 saturated carbocycles. The van der Waals surface area contributed by atoms with Crippen LogP contribution in [-0.2, 0) is 0 Å². The molecule has 0 aliphatic rings. The van der Waals surface area contributed by atoms with E-state index in [0.29, 0.717) is 0 Å². The summed E-state index contributed by atoms with van der Waals surface area (Å²) >= 11 is 0. The molecule has 14 aromatic rings. The minimum absolute atomic E-state index is 0.908. The van der Waals surface area contributed by atoms with Crippen LogP contribution >= 0.6 is 0 Å². The molecule has 64 heavy (non-hydrogen) atoms. The van der Waals surface area contributed by atoms with Gasteiger partial charge in [0.25, 0.3) is 0 Å². The molecule has 4 heteroatoms. The number of rotatable bonds is 5. The van der Waals surface area contributed by atoms with Crippen LogP contribution in [0.3, 0.4) is 0 Å². The summed E-state index contributed by atoms with van der Waals surface area (Å²) in [5.74, 6) is 0. The summed E-state index contributed by atoms with van der Waals surface area (Å²) in [5.41, 5.74) is 17.4. The maximum atomic E-state index is 6.43. The minimum Gasteiger partial charge on any atom is -0.455 e. The van der Waals surface area contributed by atoms with E-state index < -0.39 is 0 Å². The molecule has 0 amide bonds. The Balaban J connectivity index is 0.897. The number of furan rings is 2. The zero-order valence-corrected chi connectivity index (χ0v) is 34.5. The van der Waals surface area contributed by atoms with Crippen molar-refractivity contribution in [3.63, 3.8) is 0 Å². The van der Waals surface area contributed by atoms with Crippen molar-refractivity contribution in [2.75, 3.05) is 0 Å². The van der Waals surface area contributed by atoms with E-state index in [4.69, 9.17) is 8.83 Å². The SMILES string of the molecule is c1ccc2c(c1)oc1c(-c3ccc(-n4c5ccccc5c5ccc(-c6cccc7c6c6ccccc6n7-c6ccc(-c7cccc8c7oc7ccccc78)cc6)cc54)cc3)cccc12. The third-order valence-corrected chi connectivity index (χ3v) is 13.4. The van der Waals surface area contributed by atoms with Gasteiger partial charge in [-0.15, -0.1) is 0 Å². The van der Waals surface area contributed by atoms with E-state index in [2.05, 4.69) is 203 Å². The van der Waals surface area contributed by atoms with E-state index in [0.717, 1.165) is 77.5 Å². The zero-order valence-electron chi connectivity index (χ0n) is 34.5. The Morgan fingerprint density at radius 1 is 0.266 bits per heavy atom. The van der Waals surface area contributed by atoms with Crippen LogP contribution in [0.1, 0.15) is 0 Å². The number of hydrogen-bond donors (Lipinski definition) is 0. The van der Waals surface area contributed by atoms with Gasteiger partial charge >= 0.3 is 0 Å². The van der Waals surface area contributed by atoms with Crippen molar-refractivity contribution in [1.82, 2.24) is 9.13 Å². The van der Waals surface area contributed by atoms with Crippen molar-refractivity contribution in [3.8, 4) is 44.8 Å². The minimum atomic E-state index is 0.908. The van der Waals surface area contributed by atoms with Gasteiger partial charge in [-0.2, -0.15) is 0 Å². The van der Waals surface area contributed by atoms with Crippen LogP contribution < -0.4 is 0 Å². The molecule has 0 spiro atoms. The summed E-state index contributed by atoms with van der Waals surface area (Å²) in [6.07, 6.45) is 0. The molecule has 0 unspecified atom stereocenters. The summed E-state index contributed by atoms with van der Waals surface area (Å²) in [6, 6.07) is 78.5. The average molecular weight is 817 g/mol. The van der Waals surface area contributed by atoms with E-state index in [9.17, 15) is 0 Å². The van der Waals surface area contributed by atoms with Crippen molar-refractivity contribution in [1.29, 1.82) is 0 Å². The van der Waals surface area contributed by atoms with Crippen LogP contribution in [-0.4, -0.2) is 9.13 Å². The number of fused-ring (bicyclic) bond motifs is 12. The van der Waals surface area contributed by atoms with Crippen molar-refractivity contribution in [2.45, 2.75) is 0 Å². The fraction of sp³-hybridized carbons (Fsp3) is 0. The Kier molecular flexibility index (Phi) is 7.36. The molecule has 4 heterocycles. The smallest absolute Gasteiger partial charge is 0.143 e. The first-order valence-electron chi connectivity index (χ1n) is 21.8. The van der Waals surface area contributed by atoms with Gasteiger partial charge in [0.15, 0.2) is 0 Å². The molecule has 0 N–H and O–H groups in total. The maximum absolute atomic E-state index is 6.43. The standard InChI is InChI=1S/C60H36N2O2/c1-5-21-52-45(12-1)46-35-30-39(36-55(46)62(52)41-33-28-38(29-34-41)44-18-10-20-50-48-14-4-8-25-57(48)64-60(44)50)42-16-11-23-54-58(42)51-15-2-6-22-53(51)61(54)40-31-26-37(27-32-40)43-17-9-19-49-47-13-3-7-24-56(47)63-59(43)49/h1-36H. The van der Waals surface area contributed by atoms with Gasteiger partial charge < -0.3 is 18.0 Å². The van der Waals surface area contributed by atoms with Gasteiger partial charge in [0.1, 0.15) is 22.3 Å². The van der Waals surface area contributed by atoms with E-state index in [1.54, 1.807) is 0 Å². The summed E-state index contributed by atoms with van der Waals surface area (Å²) in [6.45, 7) is 0. The van der Waals surface area contributed by atoms with Crippen molar-refractivity contribution >= 4 is 87.5 Å². The molecular formula is C60H36N2O2. The highest BCUT2D eigenvalue weighted by Gasteiger charge is 2.20. The molecule has 0 fully saturated rings. The predicted octanol–water partition coefficient (Wildman–Crippen LogP) is 16.7. The highest BCUT2D eigenvalue weighted by Crippen LogP contribution is 2.43. The van der Waals surface area contributed by atoms with Gasteiger partial charge in [-0.3, -0.25) is 0 Å². The van der Waals surface area contributed by atoms with Crippen LogP contribution in [0.15, 0.2) is 227 Å². The molecule has 0 aliphatic heterocycles. The van der Waals surface area contributed by atoms with E-state index in [1.807, 2.05) is 24.3 Å². The van der Waals surface area contributed by atoms with E-state index in [-0.39, 0.29) is 0 Å². The predicted molar refractivity (Wildman–Crippen MR) is 266 cm³/mol. The monoisotopic (exact) mass is 816 g/mol. The van der Waals surface area contributed by atoms with E-state index >= 15 is 0 Å². The number of para-hydroxylation sites is 6. The lowest BCUT2D eigenvalue weighted by atomic mass is 9.98. The first kappa shape index (κ1) is 35.0. The summed E-state index contributed by atoms with van der Waals surface area (Å²) < 4.78 is 17.7. The van der Waals surface area contributed by atoms with Crippen LogP contribution in [0.5, 0.6) is 0 Å². The normalized spacial score (nSPS) is 12.1. The highest BCUT2D eigenvalue weighted by atomic mass is 16.3. The Bertz CT molecular complexity index is 4180. The first-order valence-corrected chi connectivity index (χ1v) is 21.8. The van der Waals surface area contributed by atoms with Crippen LogP contribution in [0.25, 0.3) is 132 Å². The van der Waals surface area contributed by atoms with Gasteiger partial charge in [0, 0.05) is 65.6 Å². The molecule has 4 aromatic heterocycles. The third-order valence-electron chi connectivity index (χ3n) is 13.4. The number of hydrogen-bond acceptors (Lipinski definition) is 2. The summed E-state index contributed by atoms with van der Waals surface area (Å²) in [5, 5.41) is 9.47. The molecule has 0 radical (unpaired) electrons. The second-order valence-corrected chi connectivity index (χ2v) is 16.8. The van der Waals surface area contributed by atoms with Crippen molar-refractivity contribution < 1.29 is 8.83 Å². The average Bonchev–Trinajstić information content (AvgIpc) is 4.12. The van der Waals surface area contributed by atoms with Crippen LogP contribution in [0, 0.1) is 0 Å². The summed E-state index contributed by atoms with van der Waals surface area (Å²) in [4.78, 5) is 0. The molecule has 14 rings (SSSR count). The fourth-order valence-electron chi connectivity index (χ4n) is 10.5. The number of nitrogens with zero attached hydrogens (tertiary/aromatic N) is 2. The lowest BCUT2D eigenvalue weighted by molar-refractivity contribution is 0.669. The van der Waals surface area contributed by atoms with Gasteiger partial charge in [0.05, 0.1) is 22.1 Å². The van der Waals surface area contributed by atoms with Gasteiger partial charge in [-0.05, 0) is 82.9 Å². The Labute approximate surface area is 367 Å². The molecule has 4 nitrogen and oxygen atoms in total. The van der Waals surface area contributed by atoms with E-state index in [1.165, 1.54) is 54.7 Å². The van der Waals surface area contributed by atoms with Crippen molar-refractivity contribution in [3.05, 3.63) is 218 Å². The highest BCUT2D eigenvalue weighted by molar-refractivity contribution is 6.17. The second-order valence-electron chi connectivity index (χ2n) is 16.8. The molecule has 0 bridgehead atoms. The first-order chi connectivity index (χ1) is 31.7. The van der Waals surface area contributed by atoms with Crippen LogP contribution in [0.2, 0.25) is 0 Å². The molecule has 0 atom stereocenters. The summed E-state index contributed by atoms with van der Waals surface area (Å²) in [7, 11) is 0. The van der Waals surface area contributed by atoms with Gasteiger partial charge in [-0.25, -0.2) is 0 Å². The largest absolute Gasteiger partial charge is 0.455 e. The Hall–Kier alpha value is -8.60. The quantitative estimate of drug-likeness (QED) is 0.173. The zero-order chi connectivity index (χ0) is 41.9. The molecule has 298 valence electrons. The molecule has 10 aromatic carbocycles. The topological polar surface area (TPSA) is 36.1 Å². The van der Waals surface area contributed by atoms with Gasteiger partial charge in [-0.1, -0.05) is 158 Å². The maximum Gasteiger partial charge on any atom is 0.143 e. The Morgan fingerprint density at radius 2 is 0.688 bits per heavy atom. The number of benzene rings is 10. The second kappa shape index (κ2) is 13.4. The number of aromatic nitrogens is 2. The van der Waals surface area contributed by atoms with Gasteiger partial charge in [0.2, 0.25) is 0 Å². The van der Waals surface area contributed by atoms with Crippen LogP contribution in [0.4, 0.5) is 0 Å². The Morgan fingerprint density at radius 3 is 1.30 bits per heavy atom. The molecule has 0 aliphatic carbocycles. The third kappa shape index (κ3) is 5.05. The molecular weight excluding hydrogens is 781 g/mol. The lowest BCUT2D eigenvalue weighted by Crippen LogP contribution is -1.94. The lowest BCUT2D eigenvalue weighted by Gasteiger charge is -2.12.